The summed E-state index contributed by atoms with van der Waals surface area (Å²) in [5, 5.41) is 2.74. The summed E-state index contributed by atoms with van der Waals surface area (Å²) in [5.74, 6) is -0.741. The lowest BCUT2D eigenvalue weighted by Gasteiger charge is -2.27. The molecule has 0 saturated carbocycles. The second kappa shape index (κ2) is 6.56. The molecule has 23 heavy (non-hydrogen) atoms. The van der Waals surface area contributed by atoms with Gasteiger partial charge in [-0.05, 0) is 64.3 Å². The molecule has 1 aliphatic rings. The number of rotatable bonds is 2. The zero-order valence-electron chi connectivity index (χ0n) is 14.0. The maximum atomic E-state index is 13.1. The van der Waals surface area contributed by atoms with E-state index in [2.05, 4.69) is 5.32 Å². The fourth-order valence-corrected chi connectivity index (χ4v) is 2.58. The van der Waals surface area contributed by atoms with Crippen LogP contribution in [0.3, 0.4) is 0 Å². The van der Waals surface area contributed by atoms with E-state index >= 15 is 0 Å². The van der Waals surface area contributed by atoms with E-state index in [1.54, 1.807) is 27.7 Å². The molecular formula is C17H23FN2O3. The number of aryl methyl sites for hydroxylation is 1. The van der Waals surface area contributed by atoms with Gasteiger partial charge >= 0.3 is 12.0 Å². The van der Waals surface area contributed by atoms with Gasteiger partial charge in [0.05, 0.1) is 0 Å². The molecule has 0 radical (unpaired) electrons. The van der Waals surface area contributed by atoms with Crippen LogP contribution in [0, 0.1) is 12.7 Å². The van der Waals surface area contributed by atoms with Gasteiger partial charge in [0.1, 0.15) is 17.5 Å². The van der Waals surface area contributed by atoms with Gasteiger partial charge in [0.25, 0.3) is 0 Å². The Bertz CT molecular complexity index is 610. The largest absolute Gasteiger partial charge is 0.458 e. The predicted molar refractivity (Wildman–Crippen MR) is 85.7 cm³/mol. The fourth-order valence-electron chi connectivity index (χ4n) is 2.58. The summed E-state index contributed by atoms with van der Waals surface area (Å²) in [4.78, 5) is 26.2. The van der Waals surface area contributed by atoms with Crippen molar-refractivity contribution < 1.29 is 18.7 Å². The fraction of sp³-hybridized carbons (Fsp3) is 0.529. The Hall–Kier alpha value is -2.11. The van der Waals surface area contributed by atoms with Gasteiger partial charge in [0.2, 0.25) is 0 Å². The van der Waals surface area contributed by atoms with E-state index in [0.29, 0.717) is 24.2 Å². The minimum atomic E-state index is -0.588. The van der Waals surface area contributed by atoms with E-state index in [-0.39, 0.29) is 17.8 Å². The number of likely N-dealkylation sites (tertiary alicyclic amines) is 1. The number of benzene rings is 1. The SMILES string of the molecule is Cc1cc(F)ccc1NC(=O)N1CCC[C@H]1C(=O)OC(C)(C)C. The van der Waals surface area contributed by atoms with Crippen molar-refractivity contribution in [1.82, 2.24) is 4.90 Å². The summed E-state index contributed by atoms with van der Waals surface area (Å²) in [7, 11) is 0. The molecule has 2 rings (SSSR count). The third kappa shape index (κ3) is 4.43. The number of carbonyl (C=O) groups excluding carboxylic acids is 2. The Morgan fingerprint density at radius 3 is 2.65 bits per heavy atom. The van der Waals surface area contributed by atoms with E-state index in [9.17, 15) is 14.0 Å². The number of hydrogen-bond acceptors (Lipinski definition) is 3. The maximum absolute atomic E-state index is 13.1. The van der Waals surface area contributed by atoms with Crippen LogP contribution in [0.1, 0.15) is 39.2 Å². The molecule has 5 nitrogen and oxygen atoms in total. The lowest BCUT2D eigenvalue weighted by atomic mass is 10.1. The number of urea groups is 1. The Balaban J connectivity index is 2.07. The first-order chi connectivity index (χ1) is 10.7. The second-order valence-corrected chi connectivity index (χ2v) is 6.77. The average Bonchev–Trinajstić information content (AvgIpc) is 2.89. The van der Waals surface area contributed by atoms with Gasteiger partial charge < -0.3 is 15.0 Å². The number of nitrogens with one attached hydrogen (secondary N) is 1. The molecule has 0 unspecified atom stereocenters. The zero-order chi connectivity index (χ0) is 17.2. The van der Waals surface area contributed by atoms with Crippen molar-refractivity contribution in [2.45, 2.75) is 52.2 Å². The van der Waals surface area contributed by atoms with Gasteiger partial charge in [-0.2, -0.15) is 0 Å². The first kappa shape index (κ1) is 17.2. The van der Waals surface area contributed by atoms with Gasteiger partial charge in [0.15, 0.2) is 0 Å². The van der Waals surface area contributed by atoms with Crippen LogP contribution in [0.25, 0.3) is 0 Å². The summed E-state index contributed by atoms with van der Waals surface area (Å²) in [6.45, 7) is 7.61. The Morgan fingerprint density at radius 1 is 1.35 bits per heavy atom. The van der Waals surface area contributed by atoms with Crippen molar-refractivity contribution in [3.05, 3.63) is 29.6 Å². The number of ether oxygens (including phenoxy) is 1. The molecule has 0 aliphatic carbocycles. The first-order valence-corrected chi connectivity index (χ1v) is 7.74. The standard InChI is InChI=1S/C17H23FN2O3/c1-11-10-12(18)7-8-13(11)19-16(22)20-9-5-6-14(20)15(21)23-17(2,3)4/h7-8,10,14H,5-6,9H2,1-4H3,(H,19,22)/t14-/m0/s1. The Labute approximate surface area is 135 Å². The van der Waals surface area contributed by atoms with Crippen molar-refractivity contribution in [2.75, 3.05) is 11.9 Å². The van der Waals surface area contributed by atoms with Crippen molar-refractivity contribution in [3.8, 4) is 0 Å². The number of nitrogens with zero attached hydrogens (tertiary/aromatic N) is 1. The average molecular weight is 322 g/mol. The molecule has 2 amide bonds. The highest BCUT2D eigenvalue weighted by atomic mass is 19.1. The molecule has 0 aromatic heterocycles. The minimum Gasteiger partial charge on any atom is -0.458 e. The molecule has 1 atom stereocenters. The Kier molecular flexibility index (Phi) is 4.92. The normalized spacial score (nSPS) is 18.0. The third-order valence-electron chi connectivity index (χ3n) is 3.62. The van der Waals surface area contributed by atoms with Crippen LogP contribution in [-0.2, 0) is 9.53 Å². The molecule has 1 saturated heterocycles. The zero-order valence-corrected chi connectivity index (χ0v) is 14.0. The van der Waals surface area contributed by atoms with Gasteiger partial charge in [0, 0.05) is 12.2 Å². The topological polar surface area (TPSA) is 58.6 Å². The van der Waals surface area contributed by atoms with E-state index in [1.165, 1.54) is 23.1 Å². The number of anilines is 1. The molecule has 1 heterocycles. The Morgan fingerprint density at radius 2 is 2.04 bits per heavy atom. The molecule has 0 bridgehead atoms. The molecule has 1 aliphatic heterocycles. The first-order valence-electron chi connectivity index (χ1n) is 7.74. The summed E-state index contributed by atoms with van der Waals surface area (Å²) >= 11 is 0. The molecular weight excluding hydrogens is 299 g/mol. The summed E-state index contributed by atoms with van der Waals surface area (Å²) in [5.41, 5.74) is 0.577. The molecule has 6 heteroatoms. The van der Waals surface area contributed by atoms with Crippen LogP contribution < -0.4 is 5.32 Å². The number of halogens is 1. The predicted octanol–water partition coefficient (Wildman–Crippen LogP) is 3.47. The molecule has 1 N–H and O–H groups in total. The van der Waals surface area contributed by atoms with E-state index in [0.717, 1.165) is 6.42 Å². The van der Waals surface area contributed by atoms with E-state index in [4.69, 9.17) is 4.74 Å². The lowest BCUT2D eigenvalue weighted by Crippen LogP contribution is -2.45. The minimum absolute atomic E-state index is 0.353. The smallest absolute Gasteiger partial charge is 0.329 e. The van der Waals surface area contributed by atoms with Crippen LogP contribution in [0.2, 0.25) is 0 Å². The van der Waals surface area contributed by atoms with Crippen LogP contribution in [-0.4, -0.2) is 35.1 Å². The van der Waals surface area contributed by atoms with Crippen molar-refractivity contribution >= 4 is 17.7 Å². The maximum Gasteiger partial charge on any atom is 0.329 e. The highest BCUT2D eigenvalue weighted by molar-refractivity contribution is 5.93. The van der Waals surface area contributed by atoms with Crippen LogP contribution in [0.15, 0.2) is 18.2 Å². The van der Waals surface area contributed by atoms with E-state index in [1.807, 2.05) is 0 Å². The highest BCUT2D eigenvalue weighted by Crippen LogP contribution is 2.23. The van der Waals surface area contributed by atoms with Crippen molar-refractivity contribution in [2.24, 2.45) is 0 Å². The highest BCUT2D eigenvalue weighted by Gasteiger charge is 2.37. The molecule has 1 aromatic carbocycles. The van der Waals surface area contributed by atoms with Crippen molar-refractivity contribution in [3.63, 3.8) is 0 Å². The third-order valence-corrected chi connectivity index (χ3v) is 3.62. The molecule has 1 aromatic rings. The second-order valence-electron chi connectivity index (χ2n) is 6.77. The van der Waals surface area contributed by atoms with Gasteiger partial charge in [-0.1, -0.05) is 0 Å². The summed E-state index contributed by atoms with van der Waals surface area (Å²) in [6.07, 6.45) is 1.34. The summed E-state index contributed by atoms with van der Waals surface area (Å²) in [6, 6.07) is 3.22. The quantitative estimate of drug-likeness (QED) is 0.848. The van der Waals surface area contributed by atoms with Gasteiger partial charge in [-0.25, -0.2) is 14.0 Å². The molecule has 126 valence electrons. The molecule has 1 fully saturated rings. The number of hydrogen-bond donors (Lipinski definition) is 1. The van der Waals surface area contributed by atoms with Crippen LogP contribution in [0.4, 0.5) is 14.9 Å². The lowest BCUT2D eigenvalue weighted by molar-refractivity contribution is -0.159. The number of carbonyl (C=O) groups is 2. The van der Waals surface area contributed by atoms with Gasteiger partial charge in [-0.15, -0.1) is 0 Å². The molecule has 0 spiro atoms. The summed E-state index contributed by atoms with van der Waals surface area (Å²) < 4.78 is 18.5. The monoisotopic (exact) mass is 322 g/mol. The number of amides is 2. The number of esters is 1. The van der Waals surface area contributed by atoms with Gasteiger partial charge in [-0.3, -0.25) is 0 Å². The van der Waals surface area contributed by atoms with E-state index < -0.39 is 11.6 Å². The van der Waals surface area contributed by atoms with Crippen molar-refractivity contribution in [1.29, 1.82) is 0 Å². The van der Waals surface area contributed by atoms with Crippen LogP contribution >= 0.6 is 0 Å². The van der Waals surface area contributed by atoms with Crippen LogP contribution in [0.5, 0.6) is 0 Å².